The van der Waals surface area contributed by atoms with Gasteiger partial charge in [0.15, 0.2) is 0 Å². The molecule has 1 heterocycles. The normalized spacial score (nSPS) is 12.2. The van der Waals surface area contributed by atoms with Crippen LogP contribution in [0.4, 0.5) is 0 Å². The van der Waals surface area contributed by atoms with Crippen LogP contribution < -0.4 is 5.32 Å². The Morgan fingerprint density at radius 2 is 1.72 bits per heavy atom. The highest BCUT2D eigenvalue weighted by atomic mass is 15.0. The lowest BCUT2D eigenvalue weighted by Gasteiger charge is -2.32. The number of aromatic nitrogens is 1. The van der Waals surface area contributed by atoms with E-state index in [0.717, 1.165) is 6.54 Å². The van der Waals surface area contributed by atoms with E-state index in [2.05, 4.69) is 61.5 Å². The third kappa shape index (κ3) is 2.44. The molecule has 2 aromatic rings. The number of hydrogen-bond donors (Lipinski definition) is 2. The summed E-state index contributed by atoms with van der Waals surface area (Å²) in [6.45, 7) is 7.76. The fourth-order valence-electron chi connectivity index (χ4n) is 2.69. The Kier molecular flexibility index (Phi) is 4.07. The van der Waals surface area contributed by atoms with Gasteiger partial charge < -0.3 is 10.3 Å². The number of rotatable bonds is 6. The standard InChI is InChI=1S/C16H24N2/c1-4-16(5-2,6-3)18-12-13-11-17-15-10-8-7-9-14(13)15/h7-11,17-18H,4-6,12H2,1-3H3. The van der Waals surface area contributed by atoms with Gasteiger partial charge in [0.25, 0.3) is 0 Å². The minimum absolute atomic E-state index is 0.290. The second kappa shape index (κ2) is 5.57. The quantitative estimate of drug-likeness (QED) is 0.782. The molecule has 0 fully saturated rings. The van der Waals surface area contributed by atoms with Crippen molar-refractivity contribution >= 4 is 10.9 Å². The Morgan fingerprint density at radius 1 is 1.06 bits per heavy atom. The summed E-state index contributed by atoms with van der Waals surface area (Å²) in [6.07, 6.45) is 5.68. The molecule has 0 radical (unpaired) electrons. The van der Waals surface area contributed by atoms with Crippen molar-refractivity contribution in [2.24, 2.45) is 0 Å². The van der Waals surface area contributed by atoms with Gasteiger partial charge in [-0.05, 0) is 30.9 Å². The highest BCUT2D eigenvalue weighted by Crippen LogP contribution is 2.22. The molecule has 0 saturated heterocycles. The minimum Gasteiger partial charge on any atom is -0.361 e. The van der Waals surface area contributed by atoms with Crippen molar-refractivity contribution in [2.45, 2.75) is 52.1 Å². The van der Waals surface area contributed by atoms with Crippen LogP contribution >= 0.6 is 0 Å². The number of H-pyrrole nitrogens is 1. The molecule has 0 bridgehead atoms. The van der Waals surface area contributed by atoms with Crippen molar-refractivity contribution < 1.29 is 0 Å². The van der Waals surface area contributed by atoms with Crippen LogP contribution in [0.3, 0.4) is 0 Å². The van der Waals surface area contributed by atoms with Gasteiger partial charge in [0.1, 0.15) is 0 Å². The van der Waals surface area contributed by atoms with Crippen LogP contribution in [0.5, 0.6) is 0 Å². The van der Waals surface area contributed by atoms with E-state index in [1.165, 1.54) is 35.7 Å². The number of para-hydroxylation sites is 1. The van der Waals surface area contributed by atoms with Crippen LogP contribution in [-0.2, 0) is 6.54 Å². The summed E-state index contributed by atoms with van der Waals surface area (Å²) in [5.74, 6) is 0. The third-order valence-corrected chi connectivity index (χ3v) is 4.36. The number of benzene rings is 1. The van der Waals surface area contributed by atoms with Crippen molar-refractivity contribution in [1.82, 2.24) is 10.3 Å². The molecule has 98 valence electrons. The summed E-state index contributed by atoms with van der Waals surface area (Å²) >= 11 is 0. The lowest BCUT2D eigenvalue weighted by Crippen LogP contribution is -2.43. The Morgan fingerprint density at radius 3 is 2.39 bits per heavy atom. The first kappa shape index (κ1) is 13.2. The Labute approximate surface area is 110 Å². The van der Waals surface area contributed by atoms with E-state index < -0.39 is 0 Å². The predicted molar refractivity (Wildman–Crippen MR) is 78.7 cm³/mol. The average molecular weight is 244 g/mol. The van der Waals surface area contributed by atoms with E-state index in [-0.39, 0.29) is 0 Å². The van der Waals surface area contributed by atoms with Crippen LogP contribution in [0, 0.1) is 0 Å². The van der Waals surface area contributed by atoms with Gasteiger partial charge in [0.05, 0.1) is 0 Å². The van der Waals surface area contributed by atoms with Gasteiger partial charge in [0, 0.05) is 29.2 Å². The van der Waals surface area contributed by atoms with Gasteiger partial charge in [-0.25, -0.2) is 0 Å². The molecule has 0 amide bonds. The summed E-state index contributed by atoms with van der Waals surface area (Å²) in [4.78, 5) is 3.34. The topological polar surface area (TPSA) is 27.8 Å². The zero-order chi connectivity index (χ0) is 13.0. The van der Waals surface area contributed by atoms with E-state index in [1.54, 1.807) is 0 Å². The van der Waals surface area contributed by atoms with Crippen LogP contribution in [0.25, 0.3) is 10.9 Å². The van der Waals surface area contributed by atoms with Gasteiger partial charge in [-0.3, -0.25) is 0 Å². The maximum absolute atomic E-state index is 3.76. The molecule has 0 aliphatic heterocycles. The molecule has 0 saturated carbocycles. The van der Waals surface area contributed by atoms with Crippen molar-refractivity contribution in [1.29, 1.82) is 0 Å². The molecule has 2 rings (SSSR count). The molecule has 1 aromatic carbocycles. The summed E-state index contributed by atoms with van der Waals surface area (Å²) in [5, 5.41) is 5.09. The molecule has 2 heteroatoms. The summed E-state index contributed by atoms with van der Waals surface area (Å²) in [7, 11) is 0. The molecule has 0 aliphatic rings. The van der Waals surface area contributed by atoms with Gasteiger partial charge in [0.2, 0.25) is 0 Å². The molecule has 2 nitrogen and oxygen atoms in total. The summed E-state index contributed by atoms with van der Waals surface area (Å²) in [6, 6.07) is 8.50. The largest absolute Gasteiger partial charge is 0.361 e. The van der Waals surface area contributed by atoms with Crippen molar-refractivity contribution in [2.75, 3.05) is 0 Å². The molecule has 2 N–H and O–H groups in total. The predicted octanol–water partition coefficient (Wildman–Crippen LogP) is 4.23. The fraction of sp³-hybridized carbons (Fsp3) is 0.500. The van der Waals surface area contributed by atoms with Gasteiger partial charge in [-0.2, -0.15) is 0 Å². The first-order chi connectivity index (χ1) is 8.74. The Balaban J connectivity index is 2.14. The van der Waals surface area contributed by atoms with Crippen LogP contribution in [-0.4, -0.2) is 10.5 Å². The number of hydrogen-bond acceptors (Lipinski definition) is 1. The SMILES string of the molecule is CCC(CC)(CC)NCc1c[nH]c2ccccc12. The Hall–Kier alpha value is -1.28. The lowest BCUT2D eigenvalue weighted by atomic mass is 9.89. The van der Waals surface area contributed by atoms with Gasteiger partial charge >= 0.3 is 0 Å². The molecule has 0 spiro atoms. The first-order valence-electron chi connectivity index (χ1n) is 7.04. The van der Waals surface area contributed by atoms with Crippen LogP contribution in [0.1, 0.15) is 45.6 Å². The second-order valence-corrected chi connectivity index (χ2v) is 5.05. The van der Waals surface area contributed by atoms with E-state index in [0.29, 0.717) is 5.54 Å². The third-order valence-electron chi connectivity index (χ3n) is 4.36. The van der Waals surface area contributed by atoms with Crippen molar-refractivity contribution in [3.05, 3.63) is 36.0 Å². The number of fused-ring (bicyclic) bond motifs is 1. The maximum Gasteiger partial charge on any atom is 0.0457 e. The second-order valence-electron chi connectivity index (χ2n) is 5.05. The first-order valence-corrected chi connectivity index (χ1v) is 7.04. The lowest BCUT2D eigenvalue weighted by molar-refractivity contribution is 0.288. The molecular formula is C16H24N2. The molecule has 1 aromatic heterocycles. The van der Waals surface area contributed by atoms with Crippen LogP contribution in [0.15, 0.2) is 30.5 Å². The van der Waals surface area contributed by atoms with Gasteiger partial charge in [-0.1, -0.05) is 39.0 Å². The highest BCUT2D eigenvalue weighted by Gasteiger charge is 2.22. The molecule has 18 heavy (non-hydrogen) atoms. The number of nitrogens with one attached hydrogen (secondary N) is 2. The van der Waals surface area contributed by atoms with Crippen LogP contribution in [0.2, 0.25) is 0 Å². The van der Waals surface area contributed by atoms with E-state index in [9.17, 15) is 0 Å². The molecule has 0 unspecified atom stereocenters. The monoisotopic (exact) mass is 244 g/mol. The van der Waals surface area contributed by atoms with Crippen molar-refractivity contribution in [3.63, 3.8) is 0 Å². The van der Waals surface area contributed by atoms with E-state index in [1.807, 2.05) is 0 Å². The minimum atomic E-state index is 0.290. The number of aromatic amines is 1. The van der Waals surface area contributed by atoms with Crippen molar-refractivity contribution in [3.8, 4) is 0 Å². The smallest absolute Gasteiger partial charge is 0.0457 e. The maximum atomic E-state index is 3.76. The zero-order valence-corrected chi connectivity index (χ0v) is 11.7. The highest BCUT2D eigenvalue weighted by molar-refractivity contribution is 5.82. The molecule has 0 aliphatic carbocycles. The van der Waals surface area contributed by atoms with Gasteiger partial charge in [-0.15, -0.1) is 0 Å². The molecular weight excluding hydrogens is 220 g/mol. The average Bonchev–Trinajstić information content (AvgIpc) is 2.85. The summed E-state index contributed by atoms with van der Waals surface area (Å²) < 4.78 is 0. The van der Waals surface area contributed by atoms with E-state index in [4.69, 9.17) is 0 Å². The zero-order valence-electron chi connectivity index (χ0n) is 11.7. The Bertz CT molecular complexity index is 486. The van der Waals surface area contributed by atoms with E-state index >= 15 is 0 Å². The molecule has 0 atom stereocenters. The fourth-order valence-corrected chi connectivity index (χ4v) is 2.69. The summed E-state index contributed by atoms with van der Waals surface area (Å²) in [5.41, 5.74) is 2.88.